The van der Waals surface area contributed by atoms with Crippen LogP contribution >= 0.6 is 11.8 Å². The van der Waals surface area contributed by atoms with Crippen LogP contribution in [-0.4, -0.2) is 17.5 Å². The average molecular weight is 291 g/mol. The molecule has 0 spiro atoms. The van der Waals surface area contributed by atoms with Gasteiger partial charge >= 0.3 is 0 Å². The van der Waals surface area contributed by atoms with Crippen LogP contribution in [0.25, 0.3) is 0 Å². The van der Waals surface area contributed by atoms with Gasteiger partial charge in [0.2, 0.25) is 0 Å². The van der Waals surface area contributed by atoms with Gasteiger partial charge in [-0.25, -0.2) is 4.39 Å². The number of hydrogen-bond donors (Lipinski definition) is 2. The topological polar surface area (TPSA) is 32.3 Å². The van der Waals surface area contributed by atoms with Gasteiger partial charge in [-0.2, -0.15) is 0 Å². The Labute approximate surface area is 123 Å². The number of nitrogens with one attached hydrogen (secondary N) is 1. The Morgan fingerprint density at radius 2 is 1.70 bits per heavy atom. The molecule has 2 N–H and O–H groups in total. The Kier molecular flexibility index (Phi) is 5.89. The molecule has 0 atom stereocenters. The van der Waals surface area contributed by atoms with Crippen LogP contribution in [0, 0.1) is 5.82 Å². The molecule has 20 heavy (non-hydrogen) atoms. The van der Waals surface area contributed by atoms with Gasteiger partial charge in [0.25, 0.3) is 0 Å². The van der Waals surface area contributed by atoms with Gasteiger partial charge in [0.05, 0.1) is 0 Å². The minimum atomic E-state index is -0.210. The Morgan fingerprint density at radius 3 is 2.35 bits per heavy atom. The third-order valence-corrected chi connectivity index (χ3v) is 3.93. The molecule has 0 aliphatic rings. The summed E-state index contributed by atoms with van der Waals surface area (Å²) in [5, 5.41) is 12.0. The van der Waals surface area contributed by atoms with Crippen molar-refractivity contribution in [2.45, 2.75) is 17.9 Å². The van der Waals surface area contributed by atoms with Gasteiger partial charge in [0.15, 0.2) is 0 Å². The number of aliphatic hydroxyl groups excluding tert-OH is 1. The van der Waals surface area contributed by atoms with E-state index in [0.29, 0.717) is 6.54 Å². The first kappa shape index (κ1) is 14.9. The van der Waals surface area contributed by atoms with Gasteiger partial charge in [-0.1, -0.05) is 12.1 Å². The number of thioether (sulfide) groups is 1. The summed E-state index contributed by atoms with van der Waals surface area (Å²) in [5.74, 6) is 0.719. The van der Waals surface area contributed by atoms with Crippen LogP contribution in [0.5, 0.6) is 0 Å². The van der Waals surface area contributed by atoms with Crippen LogP contribution in [0.15, 0.2) is 53.4 Å². The van der Waals surface area contributed by atoms with E-state index < -0.39 is 0 Å². The molecule has 106 valence electrons. The van der Waals surface area contributed by atoms with Crippen molar-refractivity contribution in [3.05, 3.63) is 59.9 Å². The molecule has 0 aromatic heterocycles. The SMILES string of the molecule is OCCCSc1ccc(NCc2ccc(F)cc2)cc1. The van der Waals surface area contributed by atoms with Crippen molar-refractivity contribution < 1.29 is 9.50 Å². The Bertz CT molecular complexity index is 513. The molecule has 0 amide bonds. The van der Waals surface area contributed by atoms with E-state index >= 15 is 0 Å². The van der Waals surface area contributed by atoms with Crippen molar-refractivity contribution in [3.63, 3.8) is 0 Å². The van der Waals surface area contributed by atoms with Crippen molar-refractivity contribution in [2.24, 2.45) is 0 Å². The second-order valence-electron chi connectivity index (χ2n) is 4.43. The van der Waals surface area contributed by atoms with Gasteiger partial charge in [-0.3, -0.25) is 0 Å². The zero-order valence-corrected chi connectivity index (χ0v) is 12.0. The number of hydrogen-bond acceptors (Lipinski definition) is 3. The first-order valence-corrected chi connectivity index (χ1v) is 7.58. The summed E-state index contributed by atoms with van der Waals surface area (Å²) in [4.78, 5) is 1.20. The van der Waals surface area contributed by atoms with Crippen LogP contribution < -0.4 is 5.32 Å². The molecule has 2 rings (SSSR count). The van der Waals surface area contributed by atoms with E-state index in [1.165, 1.54) is 17.0 Å². The van der Waals surface area contributed by atoms with Crippen molar-refractivity contribution in [3.8, 4) is 0 Å². The maximum absolute atomic E-state index is 12.8. The summed E-state index contributed by atoms with van der Waals surface area (Å²) in [6, 6.07) is 14.7. The first-order chi connectivity index (χ1) is 9.78. The predicted octanol–water partition coefficient (Wildman–Crippen LogP) is 3.91. The van der Waals surface area contributed by atoms with E-state index in [0.717, 1.165) is 23.4 Å². The Balaban J connectivity index is 1.82. The second-order valence-corrected chi connectivity index (χ2v) is 5.60. The van der Waals surface area contributed by atoms with E-state index in [-0.39, 0.29) is 12.4 Å². The van der Waals surface area contributed by atoms with E-state index in [1.807, 2.05) is 12.1 Å². The highest BCUT2D eigenvalue weighted by Crippen LogP contribution is 2.21. The Morgan fingerprint density at radius 1 is 1.00 bits per heavy atom. The minimum absolute atomic E-state index is 0.210. The van der Waals surface area contributed by atoms with E-state index in [1.54, 1.807) is 23.9 Å². The standard InChI is InChI=1S/C16H18FNOS/c17-14-4-2-13(3-5-14)12-18-15-6-8-16(9-7-15)20-11-1-10-19/h2-9,18-19H,1,10-12H2. The number of anilines is 1. The number of benzene rings is 2. The fourth-order valence-corrected chi connectivity index (χ4v) is 2.57. The first-order valence-electron chi connectivity index (χ1n) is 6.60. The van der Waals surface area contributed by atoms with Crippen LogP contribution in [0.3, 0.4) is 0 Å². The maximum Gasteiger partial charge on any atom is 0.123 e. The zero-order valence-electron chi connectivity index (χ0n) is 11.2. The van der Waals surface area contributed by atoms with Gasteiger partial charge in [-0.15, -0.1) is 11.8 Å². The lowest BCUT2D eigenvalue weighted by Crippen LogP contribution is -1.99. The van der Waals surface area contributed by atoms with Crippen LogP contribution in [0.2, 0.25) is 0 Å². The van der Waals surface area contributed by atoms with E-state index in [4.69, 9.17) is 5.11 Å². The average Bonchev–Trinajstić information content (AvgIpc) is 2.48. The second kappa shape index (κ2) is 7.92. The zero-order chi connectivity index (χ0) is 14.2. The fraction of sp³-hybridized carbons (Fsp3) is 0.250. The maximum atomic E-state index is 12.8. The summed E-state index contributed by atoms with van der Waals surface area (Å²) in [5.41, 5.74) is 2.09. The summed E-state index contributed by atoms with van der Waals surface area (Å²) < 4.78 is 12.8. The van der Waals surface area contributed by atoms with Crippen molar-refractivity contribution >= 4 is 17.4 Å². The Hall–Kier alpha value is -1.52. The quantitative estimate of drug-likeness (QED) is 0.599. The van der Waals surface area contributed by atoms with Gasteiger partial charge in [0.1, 0.15) is 5.82 Å². The molecule has 0 heterocycles. The van der Waals surface area contributed by atoms with Crippen molar-refractivity contribution in [1.82, 2.24) is 0 Å². The summed E-state index contributed by atoms with van der Waals surface area (Å²) >= 11 is 1.74. The third kappa shape index (κ3) is 4.87. The molecule has 0 saturated carbocycles. The summed E-state index contributed by atoms with van der Waals surface area (Å²) in [6.45, 7) is 0.918. The lowest BCUT2D eigenvalue weighted by Gasteiger charge is -2.07. The molecule has 2 nitrogen and oxygen atoms in total. The van der Waals surface area contributed by atoms with Gasteiger partial charge in [0, 0.05) is 29.5 Å². The monoisotopic (exact) mass is 291 g/mol. The largest absolute Gasteiger partial charge is 0.396 e. The van der Waals surface area contributed by atoms with Crippen LogP contribution in [0.4, 0.5) is 10.1 Å². The highest BCUT2D eigenvalue weighted by atomic mass is 32.2. The van der Waals surface area contributed by atoms with Crippen molar-refractivity contribution in [2.75, 3.05) is 17.7 Å². The van der Waals surface area contributed by atoms with Crippen LogP contribution in [0.1, 0.15) is 12.0 Å². The molecule has 2 aromatic carbocycles. The molecular weight excluding hydrogens is 273 g/mol. The van der Waals surface area contributed by atoms with Crippen molar-refractivity contribution in [1.29, 1.82) is 0 Å². The summed E-state index contributed by atoms with van der Waals surface area (Å²) in [7, 11) is 0. The molecule has 4 heteroatoms. The van der Waals surface area contributed by atoms with Gasteiger partial charge < -0.3 is 10.4 Å². The van der Waals surface area contributed by atoms with E-state index in [2.05, 4.69) is 17.4 Å². The molecule has 0 radical (unpaired) electrons. The third-order valence-electron chi connectivity index (χ3n) is 2.84. The van der Waals surface area contributed by atoms with E-state index in [9.17, 15) is 4.39 Å². The number of rotatable bonds is 7. The predicted molar refractivity (Wildman–Crippen MR) is 82.6 cm³/mol. The normalized spacial score (nSPS) is 10.5. The molecule has 0 unspecified atom stereocenters. The molecule has 0 bridgehead atoms. The highest BCUT2D eigenvalue weighted by Gasteiger charge is 1.97. The molecular formula is C16H18FNOS. The van der Waals surface area contributed by atoms with Gasteiger partial charge in [-0.05, 0) is 48.4 Å². The number of aliphatic hydroxyl groups is 1. The lowest BCUT2D eigenvalue weighted by molar-refractivity contribution is 0.296. The molecule has 0 aliphatic carbocycles. The molecule has 2 aromatic rings. The fourth-order valence-electron chi connectivity index (χ4n) is 1.73. The number of halogens is 1. The minimum Gasteiger partial charge on any atom is -0.396 e. The van der Waals surface area contributed by atoms with Crippen LogP contribution in [-0.2, 0) is 6.54 Å². The summed E-state index contributed by atoms with van der Waals surface area (Å²) in [6.07, 6.45) is 0.815. The molecule has 0 fully saturated rings. The molecule has 0 saturated heterocycles. The smallest absolute Gasteiger partial charge is 0.123 e. The highest BCUT2D eigenvalue weighted by molar-refractivity contribution is 7.99. The molecule has 0 aliphatic heterocycles. The lowest BCUT2D eigenvalue weighted by atomic mass is 10.2.